The fourth-order valence-electron chi connectivity index (χ4n) is 2.74. The first-order valence-corrected chi connectivity index (χ1v) is 8.97. The van der Waals surface area contributed by atoms with Crippen LogP contribution in [0.3, 0.4) is 0 Å². The normalized spacial score (nSPS) is 10.7. The van der Waals surface area contributed by atoms with Crippen LogP contribution < -0.4 is 11.1 Å². The number of anilines is 3. The van der Waals surface area contributed by atoms with Crippen LogP contribution in [-0.2, 0) is 0 Å². The maximum absolute atomic E-state index is 11.0. The summed E-state index contributed by atoms with van der Waals surface area (Å²) in [5, 5.41) is 11.7. The van der Waals surface area contributed by atoms with Crippen LogP contribution >= 0.6 is 11.3 Å². The van der Waals surface area contributed by atoms with Gasteiger partial charge in [0.2, 0.25) is 0 Å². The van der Waals surface area contributed by atoms with E-state index in [9.17, 15) is 4.79 Å². The van der Waals surface area contributed by atoms with Crippen molar-refractivity contribution >= 4 is 51.1 Å². The van der Waals surface area contributed by atoms with Crippen molar-refractivity contribution in [2.45, 2.75) is 0 Å². The van der Waals surface area contributed by atoms with E-state index in [1.54, 1.807) is 24.4 Å². The Bertz CT molecular complexity index is 1170. The minimum Gasteiger partial charge on any atom is -0.398 e. The Kier molecular flexibility index (Phi) is 4.35. The van der Waals surface area contributed by atoms with Crippen LogP contribution in [0.1, 0.15) is 15.2 Å². The monoisotopic (exact) mass is 373 g/mol. The van der Waals surface area contributed by atoms with E-state index in [0.717, 1.165) is 27.6 Å². The number of nitrogens with one attached hydrogen (secondary N) is 2. The van der Waals surface area contributed by atoms with Gasteiger partial charge in [0.25, 0.3) is 0 Å². The van der Waals surface area contributed by atoms with Gasteiger partial charge in [-0.05, 0) is 41.8 Å². The van der Waals surface area contributed by atoms with E-state index in [2.05, 4.69) is 15.3 Å². The van der Waals surface area contributed by atoms with Gasteiger partial charge in [-0.1, -0.05) is 12.1 Å². The molecule has 2 aromatic heterocycles. The number of hydrogen-bond donors (Lipinski definition) is 3. The fraction of sp³-hybridized carbons (Fsp3) is 0. The quantitative estimate of drug-likeness (QED) is 0.271. The number of rotatable bonds is 5. The molecule has 6 nitrogen and oxygen atoms in total. The first kappa shape index (κ1) is 16.9. The number of fused-ring (bicyclic) bond motifs is 1. The number of benzene rings is 2. The Morgan fingerprint density at radius 1 is 1.11 bits per heavy atom. The van der Waals surface area contributed by atoms with E-state index in [-0.39, 0.29) is 0 Å². The highest BCUT2D eigenvalue weighted by atomic mass is 32.1. The molecule has 4 aromatic rings. The van der Waals surface area contributed by atoms with Crippen molar-refractivity contribution in [2.24, 2.45) is 0 Å². The molecular formula is C20H15N5OS. The lowest BCUT2D eigenvalue weighted by Gasteiger charge is -2.09. The lowest BCUT2D eigenvalue weighted by Crippen LogP contribution is -1.99. The second-order valence-electron chi connectivity index (χ2n) is 5.90. The molecule has 0 aliphatic heterocycles. The molecule has 2 heterocycles. The molecule has 0 atom stereocenters. The highest BCUT2D eigenvalue weighted by Crippen LogP contribution is 2.29. The van der Waals surface area contributed by atoms with Crippen LogP contribution in [-0.4, -0.2) is 22.5 Å². The van der Waals surface area contributed by atoms with Crippen LogP contribution in [0.25, 0.3) is 21.5 Å². The van der Waals surface area contributed by atoms with Crippen molar-refractivity contribution in [3.63, 3.8) is 0 Å². The Morgan fingerprint density at radius 3 is 2.81 bits per heavy atom. The molecule has 0 aliphatic carbocycles. The fourth-order valence-corrected chi connectivity index (χ4v) is 3.66. The predicted octanol–water partition coefficient (Wildman–Crippen LogP) is 4.49. The van der Waals surface area contributed by atoms with Gasteiger partial charge in [0.05, 0.1) is 4.88 Å². The van der Waals surface area contributed by atoms with Gasteiger partial charge in [-0.25, -0.2) is 9.97 Å². The summed E-state index contributed by atoms with van der Waals surface area (Å²) in [6.45, 7) is 0. The molecule has 0 saturated carbocycles. The molecule has 0 bridgehead atoms. The Balaban J connectivity index is 1.66. The maximum Gasteiger partial charge on any atom is 0.161 e. The van der Waals surface area contributed by atoms with Crippen molar-refractivity contribution in [1.29, 1.82) is 5.41 Å². The number of carbonyl (C=O) groups excluding carboxylic acids is 1. The summed E-state index contributed by atoms with van der Waals surface area (Å²) >= 11 is 1.45. The van der Waals surface area contributed by atoms with Crippen LogP contribution in [0.5, 0.6) is 0 Å². The topological polar surface area (TPSA) is 105 Å². The molecule has 132 valence electrons. The average molecular weight is 373 g/mol. The summed E-state index contributed by atoms with van der Waals surface area (Å²) in [6.07, 6.45) is 3.77. The molecule has 0 fully saturated rings. The molecule has 0 amide bonds. The van der Waals surface area contributed by atoms with Gasteiger partial charge in [-0.15, -0.1) is 11.3 Å². The molecule has 0 spiro atoms. The summed E-state index contributed by atoms with van der Waals surface area (Å²) < 4.78 is 1.02. The lowest BCUT2D eigenvalue weighted by atomic mass is 10.1. The van der Waals surface area contributed by atoms with Gasteiger partial charge in [0.15, 0.2) is 12.1 Å². The number of carbonyl (C=O) groups is 1. The minimum absolute atomic E-state index is 0.554. The zero-order valence-corrected chi connectivity index (χ0v) is 15.0. The van der Waals surface area contributed by atoms with Crippen molar-refractivity contribution in [2.75, 3.05) is 11.1 Å². The Hall–Kier alpha value is -3.58. The molecule has 0 saturated heterocycles. The number of aromatic nitrogens is 2. The van der Waals surface area contributed by atoms with Crippen LogP contribution in [0.2, 0.25) is 0 Å². The zero-order chi connectivity index (χ0) is 18.8. The molecule has 27 heavy (non-hydrogen) atoms. The summed E-state index contributed by atoms with van der Waals surface area (Å²) in [4.78, 5) is 20.6. The van der Waals surface area contributed by atoms with Gasteiger partial charge in [-0.3, -0.25) is 4.79 Å². The predicted molar refractivity (Wildman–Crippen MR) is 110 cm³/mol. The highest BCUT2D eigenvalue weighted by Gasteiger charge is 2.07. The summed E-state index contributed by atoms with van der Waals surface area (Å²) in [6, 6.07) is 14.9. The molecule has 7 heteroatoms. The van der Waals surface area contributed by atoms with E-state index < -0.39 is 0 Å². The van der Waals surface area contributed by atoms with Gasteiger partial charge in [0, 0.05) is 39.6 Å². The number of nitrogens with two attached hydrogens (primary N) is 1. The molecule has 0 unspecified atom stereocenters. The van der Waals surface area contributed by atoms with Crippen LogP contribution in [0.4, 0.5) is 17.2 Å². The third-order valence-electron chi connectivity index (χ3n) is 4.08. The van der Waals surface area contributed by atoms with E-state index in [1.807, 2.05) is 30.3 Å². The molecule has 2 aromatic carbocycles. The van der Waals surface area contributed by atoms with Crippen molar-refractivity contribution in [1.82, 2.24) is 9.97 Å². The minimum atomic E-state index is 0.554. The number of nitrogens with zero attached hydrogens (tertiary/aromatic N) is 2. The Labute approximate surface area is 159 Å². The largest absolute Gasteiger partial charge is 0.398 e. The molecule has 4 rings (SSSR count). The Morgan fingerprint density at radius 2 is 2.00 bits per heavy atom. The van der Waals surface area contributed by atoms with Crippen LogP contribution in [0.15, 0.2) is 54.7 Å². The van der Waals surface area contributed by atoms with Crippen molar-refractivity contribution in [3.8, 4) is 11.4 Å². The standard InChI is InChI=1S/C20H15N5OS/c21-10-14-7-15(3-4-17(14)22)24-19-5-6-23-20(25-19)13-2-1-12-8-16(11-26)27-18(12)9-13/h1-11,21H,22H2,(H,23,24,25). The second kappa shape index (κ2) is 6.97. The zero-order valence-electron chi connectivity index (χ0n) is 14.1. The van der Waals surface area contributed by atoms with E-state index in [1.165, 1.54) is 17.6 Å². The maximum atomic E-state index is 11.0. The first-order valence-electron chi connectivity index (χ1n) is 8.15. The number of aldehydes is 1. The lowest BCUT2D eigenvalue weighted by molar-refractivity contribution is 0.112. The number of hydrogen-bond acceptors (Lipinski definition) is 7. The summed E-state index contributed by atoms with van der Waals surface area (Å²) in [7, 11) is 0. The smallest absolute Gasteiger partial charge is 0.161 e. The van der Waals surface area contributed by atoms with E-state index >= 15 is 0 Å². The summed E-state index contributed by atoms with van der Waals surface area (Å²) in [5.74, 6) is 1.23. The van der Waals surface area contributed by atoms with Crippen LogP contribution in [0, 0.1) is 5.41 Å². The van der Waals surface area contributed by atoms with Gasteiger partial charge < -0.3 is 16.5 Å². The van der Waals surface area contributed by atoms with Crippen molar-refractivity contribution in [3.05, 3.63) is 65.2 Å². The molecular weight excluding hydrogens is 358 g/mol. The van der Waals surface area contributed by atoms with Gasteiger partial charge >= 0.3 is 0 Å². The third kappa shape index (κ3) is 3.40. The van der Waals surface area contributed by atoms with E-state index in [4.69, 9.17) is 11.1 Å². The average Bonchev–Trinajstić information content (AvgIpc) is 3.12. The number of thiophene rings is 1. The van der Waals surface area contributed by atoms with Crippen molar-refractivity contribution < 1.29 is 4.79 Å². The van der Waals surface area contributed by atoms with Gasteiger partial charge in [-0.2, -0.15) is 0 Å². The first-order chi connectivity index (χ1) is 13.2. The third-order valence-corrected chi connectivity index (χ3v) is 5.11. The second-order valence-corrected chi connectivity index (χ2v) is 7.01. The van der Waals surface area contributed by atoms with E-state index in [0.29, 0.717) is 27.8 Å². The van der Waals surface area contributed by atoms with Gasteiger partial charge in [0.1, 0.15) is 5.82 Å². The summed E-state index contributed by atoms with van der Waals surface area (Å²) in [5.41, 5.74) is 8.69. The molecule has 0 aliphatic rings. The SMILES string of the molecule is N=Cc1cc(Nc2ccnc(-c3ccc4cc(C=O)sc4c3)n2)ccc1N. The molecule has 4 N–H and O–H groups in total. The highest BCUT2D eigenvalue weighted by molar-refractivity contribution is 7.20. The molecule has 0 radical (unpaired) electrons. The number of nitrogen functional groups attached to an aromatic ring is 1.